The summed E-state index contributed by atoms with van der Waals surface area (Å²) >= 11 is 5.63. The summed E-state index contributed by atoms with van der Waals surface area (Å²) in [4.78, 5) is 7.75. The molecule has 0 unspecified atom stereocenters. The standard InChI is InChI=1S/C9H9ClN4O/c1-6-4-7(15-14-6)5-12-8-2-3-11-9(10)13-8/h2-4H,5H2,1H3,(H,11,12,13). The van der Waals surface area contributed by atoms with Gasteiger partial charge in [0.05, 0.1) is 12.2 Å². The van der Waals surface area contributed by atoms with Crippen molar-refractivity contribution in [1.82, 2.24) is 15.1 Å². The zero-order valence-corrected chi connectivity index (χ0v) is 8.82. The summed E-state index contributed by atoms with van der Waals surface area (Å²) in [6.07, 6.45) is 1.59. The highest BCUT2D eigenvalue weighted by atomic mass is 35.5. The van der Waals surface area contributed by atoms with E-state index in [1.807, 2.05) is 13.0 Å². The van der Waals surface area contributed by atoms with E-state index in [9.17, 15) is 0 Å². The molecular weight excluding hydrogens is 216 g/mol. The van der Waals surface area contributed by atoms with Crippen LogP contribution in [0, 0.1) is 6.92 Å². The zero-order chi connectivity index (χ0) is 10.7. The molecule has 2 aromatic rings. The summed E-state index contributed by atoms with van der Waals surface area (Å²) in [6.45, 7) is 2.39. The minimum Gasteiger partial charge on any atom is -0.363 e. The second-order valence-electron chi connectivity index (χ2n) is 3.00. The van der Waals surface area contributed by atoms with Crippen LogP contribution in [0.4, 0.5) is 5.82 Å². The van der Waals surface area contributed by atoms with Crippen LogP contribution in [0.2, 0.25) is 5.28 Å². The van der Waals surface area contributed by atoms with E-state index < -0.39 is 0 Å². The summed E-state index contributed by atoms with van der Waals surface area (Å²) in [5.41, 5.74) is 0.854. The number of hydrogen-bond acceptors (Lipinski definition) is 5. The predicted octanol–water partition coefficient (Wildman–Crippen LogP) is 2.04. The SMILES string of the molecule is Cc1cc(CNc2ccnc(Cl)n2)on1. The molecule has 0 saturated heterocycles. The second-order valence-corrected chi connectivity index (χ2v) is 3.34. The van der Waals surface area contributed by atoms with Gasteiger partial charge < -0.3 is 9.84 Å². The Bertz CT molecular complexity index is 457. The highest BCUT2D eigenvalue weighted by molar-refractivity contribution is 6.28. The third-order valence-electron chi connectivity index (χ3n) is 1.75. The number of nitrogens with one attached hydrogen (secondary N) is 1. The lowest BCUT2D eigenvalue weighted by atomic mass is 10.4. The number of halogens is 1. The molecular formula is C9H9ClN4O. The first kappa shape index (κ1) is 9.92. The van der Waals surface area contributed by atoms with E-state index in [1.165, 1.54) is 0 Å². The van der Waals surface area contributed by atoms with Crippen molar-refractivity contribution in [2.45, 2.75) is 13.5 Å². The first-order valence-electron chi connectivity index (χ1n) is 4.38. The van der Waals surface area contributed by atoms with Crippen LogP contribution >= 0.6 is 11.6 Å². The van der Waals surface area contributed by atoms with E-state index in [4.69, 9.17) is 16.1 Å². The Kier molecular flexibility index (Phi) is 2.82. The molecule has 0 aromatic carbocycles. The van der Waals surface area contributed by atoms with Gasteiger partial charge in [0, 0.05) is 12.3 Å². The molecule has 0 bridgehead atoms. The van der Waals surface area contributed by atoms with Crippen LogP contribution in [-0.2, 0) is 6.54 Å². The lowest BCUT2D eigenvalue weighted by Crippen LogP contribution is -2.00. The van der Waals surface area contributed by atoms with Crippen molar-refractivity contribution >= 4 is 17.4 Å². The molecule has 2 rings (SSSR count). The number of aryl methyl sites for hydroxylation is 1. The Morgan fingerprint density at radius 2 is 2.40 bits per heavy atom. The maximum atomic E-state index is 5.63. The Hall–Kier alpha value is -1.62. The molecule has 2 heterocycles. The summed E-state index contributed by atoms with van der Waals surface area (Å²) in [7, 11) is 0. The molecule has 5 nitrogen and oxygen atoms in total. The Labute approximate surface area is 91.5 Å². The van der Waals surface area contributed by atoms with Crippen molar-refractivity contribution in [2.24, 2.45) is 0 Å². The van der Waals surface area contributed by atoms with Crippen LogP contribution in [0.15, 0.2) is 22.9 Å². The van der Waals surface area contributed by atoms with E-state index in [1.54, 1.807) is 12.3 Å². The maximum absolute atomic E-state index is 5.63. The normalized spacial score (nSPS) is 10.3. The van der Waals surface area contributed by atoms with E-state index in [0.717, 1.165) is 11.5 Å². The molecule has 0 atom stereocenters. The van der Waals surface area contributed by atoms with Crippen molar-refractivity contribution in [3.63, 3.8) is 0 Å². The Morgan fingerprint density at radius 3 is 3.07 bits per heavy atom. The average Bonchev–Trinajstić information content (AvgIpc) is 2.62. The van der Waals surface area contributed by atoms with Gasteiger partial charge in [-0.3, -0.25) is 0 Å². The van der Waals surface area contributed by atoms with Gasteiger partial charge >= 0.3 is 0 Å². The summed E-state index contributed by atoms with van der Waals surface area (Å²) in [5.74, 6) is 1.41. The number of anilines is 1. The van der Waals surface area contributed by atoms with Crippen molar-refractivity contribution in [1.29, 1.82) is 0 Å². The van der Waals surface area contributed by atoms with E-state index in [0.29, 0.717) is 12.4 Å². The van der Waals surface area contributed by atoms with Crippen molar-refractivity contribution in [3.8, 4) is 0 Å². The minimum atomic E-state index is 0.216. The smallest absolute Gasteiger partial charge is 0.224 e. The molecule has 0 aliphatic carbocycles. The quantitative estimate of drug-likeness (QED) is 0.809. The van der Waals surface area contributed by atoms with Crippen LogP contribution < -0.4 is 5.32 Å². The Balaban J connectivity index is 1.99. The van der Waals surface area contributed by atoms with Crippen LogP contribution in [0.5, 0.6) is 0 Å². The van der Waals surface area contributed by atoms with Crippen LogP contribution in [0.1, 0.15) is 11.5 Å². The summed E-state index contributed by atoms with van der Waals surface area (Å²) < 4.78 is 5.03. The molecule has 1 N–H and O–H groups in total. The fourth-order valence-corrected chi connectivity index (χ4v) is 1.26. The fraction of sp³-hybridized carbons (Fsp3) is 0.222. The minimum absolute atomic E-state index is 0.216. The van der Waals surface area contributed by atoms with Gasteiger partial charge in [0.1, 0.15) is 5.82 Å². The molecule has 0 saturated carbocycles. The molecule has 78 valence electrons. The lowest BCUT2D eigenvalue weighted by molar-refractivity contribution is 0.384. The van der Waals surface area contributed by atoms with Gasteiger partial charge in [0.2, 0.25) is 5.28 Å². The van der Waals surface area contributed by atoms with E-state index in [-0.39, 0.29) is 5.28 Å². The van der Waals surface area contributed by atoms with E-state index in [2.05, 4.69) is 20.4 Å². The highest BCUT2D eigenvalue weighted by Crippen LogP contribution is 2.08. The third kappa shape index (κ3) is 2.66. The van der Waals surface area contributed by atoms with Crippen LogP contribution in [0.3, 0.4) is 0 Å². The largest absolute Gasteiger partial charge is 0.363 e. The zero-order valence-electron chi connectivity index (χ0n) is 8.07. The van der Waals surface area contributed by atoms with Crippen molar-refractivity contribution in [3.05, 3.63) is 35.1 Å². The summed E-state index contributed by atoms with van der Waals surface area (Å²) in [6, 6.07) is 3.59. The first-order chi connectivity index (χ1) is 7.24. The molecule has 0 radical (unpaired) electrons. The van der Waals surface area contributed by atoms with Gasteiger partial charge in [0.15, 0.2) is 5.76 Å². The first-order valence-corrected chi connectivity index (χ1v) is 4.76. The average molecular weight is 225 g/mol. The van der Waals surface area contributed by atoms with Gasteiger partial charge in [-0.2, -0.15) is 0 Å². The second kappa shape index (κ2) is 4.27. The van der Waals surface area contributed by atoms with Gasteiger partial charge in [-0.15, -0.1) is 0 Å². The van der Waals surface area contributed by atoms with Gasteiger partial charge in [-0.05, 0) is 24.6 Å². The molecule has 6 heteroatoms. The molecule has 0 aliphatic heterocycles. The maximum Gasteiger partial charge on any atom is 0.224 e. The molecule has 0 amide bonds. The topological polar surface area (TPSA) is 63.8 Å². The third-order valence-corrected chi connectivity index (χ3v) is 1.93. The lowest BCUT2D eigenvalue weighted by Gasteiger charge is -2.01. The molecule has 2 aromatic heterocycles. The van der Waals surface area contributed by atoms with E-state index >= 15 is 0 Å². The van der Waals surface area contributed by atoms with Gasteiger partial charge in [-0.1, -0.05) is 5.16 Å². The van der Waals surface area contributed by atoms with Gasteiger partial charge in [-0.25, -0.2) is 9.97 Å². The number of rotatable bonds is 3. The predicted molar refractivity (Wildman–Crippen MR) is 55.6 cm³/mol. The molecule has 0 spiro atoms. The van der Waals surface area contributed by atoms with Crippen LogP contribution in [0.25, 0.3) is 0 Å². The molecule has 0 aliphatic rings. The summed E-state index contributed by atoms with van der Waals surface area (Å²) in [5, 5.41) is 7.03. The Morgan fingerprint density at radius 1 is 1.53 bits per heavy atom. The number of aromatic nitrogens is 3. The molecule has 0 fully saturated rings. The number of hydrogen-bond donors (Lipinski definition) is 1. The van der Waals surface area contributed by atoms with Gasteiger partial charge in [0.25, 0.3) is 0 Å². The molecule has 15 heavy (non-hydrogen) atoms. The van der Waals surface area contributed by atoms with Crippen molar-refractivity contribution in [2.75, 3.05) is 5.32 Å². The van der Waals surface area contributed by atoms with Crippen molar-refractivity contribution < 1.29 is 4.52 Å². The fourth-order valence-electron chi connectivity index (χ4n) is 1.11. The highest BCUT2D eigenvalue weighted by Gasteiger charge is 2.01. The monoisotopic (exact) mass is 224 g/mol. The van der Waals surface area contributed by atoms with Crippen LogP contribution in [-0.4, -0.2) is 15.1 Å². The number of nitrogens with zero attached hydrogens (tertiary/aromatic N) is 3.